The van der Waals surface area contributed by atoms with Gasteiger partial charge >= 0.3 is 5.97 Å². The third kappa shape index (κ3) is 1.74. The van der Waals surface area contributed by atoms with Crippen molar-refractivity contribution in [1.82, 2.24) is 4.90 Å². The Balaban J connectivity index is 1.71. The maximum atomic E-state index is 12.5. The van der Waals surface area contributed by atoms with Crippen molar-refractivity contribution in [2.24, 2.45) is 28.6 Å². The van der Waals surface area contributed by atoms with Crippen LogP contribution in [0.5, 0.6) is 0 Å². The molecule has 3 aliphatic carbocycles. The Bertz CT molecular complexity index is 516. The Labute approximate surface area is 133 Å². The quantitative estimate of drug-likeness (QED) is 0.793. The molecular formula is C18H29NO3. The lowest BCUT2D eigenvalue weighted by molar-refractivity contribution is -0.151. The molecule has 7 atom stereocenters. The van der Waals surface area contributed by atoms with Crippen molar-refractivity contribution in [3.8, 4) is 0 Å². The van der Waals surface area contributed by atoms with Gasteiger partial charge in [0.1, 0.15) is 6.10 Å². The first-order valence-corrected chi connectivity index (χ1v) is 8.78. The molecule has 0 aromatic rings. The van der Waals surface area contributed by atoms with E-state index in [9.17, 15) is 9.90 Å². The van der Waals surface area contributed by atoms with Crippen LogP contribution in [0.1, 0.15) is 46.0 Å². The van der Waals surface area contributed by atoms with Gasteiger partial charge in [-0.25, -0.2) is 0 Å². The number of aliphatic hydroxyl groups is 1. The number of nitrogens with zero attached hydrogens (tertiary/aromatic N) is 1. The first-order chi connectivity index (χ1) is 10.2. The zero-order valence-corrected chi connectivity index (χ0v) is 14.3. The van der Waals surface area contributed by atoms with E-state index >= 15 is 0 Å². The fourth-order valence-electron chi connectivity index (χ4n) is 6.40. The van der Waals surface area contributed by atoms with Crippen LogP contribution in [0.4, 0.5) is 0 Å². The van der Waals surface area contributed by atoms with E-state index in [0.29, 0.717) is 5.41 Å². The molecule has 4 rings (SSSR count). The summed E-state index contributed by atoms with van der Waals surface area (Å²) in [6.45, 7) is 5.13. The standard InChI is InChI=1S/C18H29NO3/c1-16-6-5-11-12(9-19(3)4)15(20)22-13(11)14-17(2,21)7-8-18(14,16)10-16/h11-14,21H,5-10H2,1-4H3/t11-,12-,13-,14-,16-,17+,18-/m0/s1. The normalized spacial score (nSPS) is 56.2. The average Bonchev–Trinajstić information content (AvgIpc) is 2.77. The lowest BCUT2D eigenvalue weighted by atomic mass is 9.73. The number of carbonyl (C=O) groups excluding carboxylic acids is 1. The maximum absolute atomic E-state index is 12.5. The molecule has 1 N–H and O–H groups in total. The van der Waals surface area contributed by atoms with Gasteiger partial charge in [0.05, 0.1) is 11.5 Å². The van der Waals surface area contributed by atoms with E-state index in [1.807, 2.05) is 21.0 Å². The van der Waals surface area contributed by atoms with E-state index in [1.54, 1.807) is 0 Å². The molecule has 0 radical (unpaired) electrons. The highest BCUT2D eigenvalue weighted by molar-refractivity contribution is 5.75. The summed E-state index contributed by atoms with van der Waals surface area (Å²) < 4.78 is 5.92. The molecule has 4 aliphatic rings. The molecule has 1 heterocycles. The summed E-state index contributed by atoms with van der Waals surface area (Å²) in [6.07, 6.45) is 5.34. The molecule has 4 fully saturated rings. The topological polar surface area (TPSA) is 49.8 Å². The highest BCUT2D eigenvalue weighted by Gasteiger charge is 2.77. The molecule has 0 amide bonds. The lowest BCUT2D eigenvalue weighted by Crippen LogP contribution is -2.44. The highest BCUT2D eigenvalue weighted by Crippen LogP contribution is 2.80. The second-order valence-electron chi connectivity index (χ2n) is 9.20. The number of esters is 1. The molecule has 0 aromatic heterocycles. The maximum Gasteiger partial charge on any atom is 0.310 e. The van der Waals surface area contributed by atoms with Crippen LogP contribution >= 0.6 is 0 Å². The van der Waals surface area contributed by atoms with Crippen molar-refractivity contribution in [2.75, 3.05) is 20.6 Å². The SMILES string of the molecule is CN(C)C[C@@H]1C(=O)O[C@H]2[C@H]1CC[C@@]1(C)C[C@]13CC[C@@](C)(O)[C@H]23. The van der Waals surface area contributed by atoms with E-state index in [-0.39, 0.29) is 35.2 Å². The Kier molecular flexibility index (Phi) is 2.90. The number of hydrogen-bond acceptors (Lipinski definition) is 4. The number of ether oxygens (including phenoxy) is 1. The zero-order chi connectivity index (χ0) is 15.9. The molecule has 3 saturated carbocycles. The van der Waals surface area contributed by atoms with Crippen LogP contribution in [0.15, 0.2) is 0 Å². The van der Waals surface area contributed by atoms with Crippen LogP contribution in [-0.4, -0.2) is 48.3 Å². The smallest absolute Gasteiger partial charge is 0.310 e. The van der Waals surface area contributed by atoms with Crippen LogP contribution in [-0.2, 0) is 9.53 Å². The fourth-order valence-corrected chi connectivity index (χ4v) is 6.40. The molecule has 0 aromatic carbocycles. The van der Waals surface area contributed by atoms with E-state index < -0.39 is 5.60 Å². The van der Waals surface area contributed by atoms with Gasteiger partial charge in [0.15, 0.2) is 0 Å². The summed E-state index contributed by atoms with van der Waals surface area (Å²) in [4.78, 5) is 14.5. The Hall–Kier alpha value is -0.610. The largest absolute Gasteiger partial charge is 0.461 e. The first kappa shape index (κ1) is 14.9. The van der Waals surface area contributed by atoms with E-state index in [0.717, 1.165) is 25.8 Å². The van der Waals surface area contributed by atoms with Crippen molar-refractivity contribution in [3.05, 3.63) is 0 Å². The van der Waals surface area contributed by atoms with Crippen LogP contribution in [0.3, 0.4) is 0 Å². The molecular weight excluding hydrogens is 278 g/mol. The minimum absolute atomic E-state index is 0.0189. The van der Waals surface area contributed by atoms with E-state index in [1.165, 1.54) is 12.8 Å². The summed E-state index contributed by atoms with van der Waals surface area (Å²) in [5.41, 5.74) is -0.0981. The third-order valence-electron chi connectivity index (χ3n) is 7.54. The summed E-state index contributed by atoms with van der Waals surface area (Å²) >= 11 is 0. The molecule has 0 bridgehead atoms. The molecule has 1 spiro atoms. The number of hydrogen-bond donors (Lipinski definition) is 1. The molecule has 4 heteroatoms. The predicted molar refractivity (Wildman–Crippen MR) is 83.2 cm³/mol. The highest BCUT2D eigenvalue weighted by atomic mass is 16.6. The summed E-state index contributed by atoms with van der Waals surface area (Å²) in [6, 6.07) is 0. The van der Waals surface area contributed by atoms with Crippen molar-refractivity contribution < 1.29 is 14.6 Å². The zero-order valence-electron chi connectivity index (χ0n) is 14.3. The fraction of sp³-hybridized carbons (Fsp3) is 0.944. The number of fused-ring (bicyclic) bond motifs is 2. The summed E-state index contributed by atoms with van der Waals surface area (Å²) in [7, 11) is 4.03. The molecule has 22 heavy (non-hydrogen) atoms. The molecule has 124 valence electrons. The molecule has 1 aliphatic heterocycles. The van der Waals surface area contributed by atoms with Crippen molar-refractivity contribution >= 4 is 5.97 Å². The lowest BCUT2D eigenvalue weighted by Gasteiger charge is -2.36. The predicted octanol–water partition coefficient (Wildman–Crippen LogP) is 2.06. The number of rotatable bonds is 2. The van der Waals surface area contributed by atoms with Crippen LogP contribution in [0, 0.1) is 28.6 Å². The van der Waals surface area contributed by atoms with Gasteiger partial charge in [0.25, 0.3) is 0 Å². The van der Waals surface area contributed by atoms with Gasteiger partial charge in [-0.3, -0.25) is 4.79 Å². The van der Waals surface area contributed by atoms with Crippen molar-refractivity contribution in [3.63, 3.8) is 0 Å². The molecule has 0 unspecified atom stereocenters. The second kappa shape index (κ2) is 4.27. The van der Waals surface area contributed by atoms with Gasteiger partial charge in [-0.2, -0.15) is 0 Å². The summed E-state index contributed by atoms with van der Waals surface area (Å²) in [5, 5.41) is 11.0. The third-order valence-corrected chi connectivity index (χ3v) is 7.54. The van der Waals surface area contributed by atoms with Gasteiger partial charge in [0.2, 0.25) is 0 Å². The van der Waals surface area contributed by atoms with Gasteiger partial charge in [0, 0.05) is 18.4 Å². The number of carbonyl (C=O) groups is 1. The average molecular weight is 307 g/mol. The molecule has 4 nitrogen and oxygen atoms in total. The molecule has 1 saturated heterocycles. The van der Waals surface area contributed by atoms with Crippen LogP contribution in [0.2, 0.25) is 0 Å². The van der Waals surface area contributed by atoms with Crippen LogP contribution in [0.25, 0.3) is 0 Å². The van der Waals surface area contributed by atoms with Crippen molar-refractivity contribution in [1.29, 1.82) is 0 Å². The minimum Gasteiger partial charge on any atom is -0.461 e. The summed E-state index contributed by atoms with van der Waals surface area (Å²) in [5.74, 6) is 0.361. The first-order valence-electron chi connectivity index (χ1n) is 8.78. The Morgan fingerprint density at radius 3 is 2.68 bits per heavy atom. The Morgan fingerprint density at radius 2 is 2.00 bits per heavy atom. The van der Waals surface area contributed by atoms with Crippen LogP contribution < -0.4 is 0 Å². The second-order valence-corrected chi connectivity index (χ2v) is 9.20. The van der Waals surface area contributed by atoms with Gasteiger partial charge in [-0.15, -0.1) is 0 Å². The monoisotopic (exact) mass is 307 g/mol. The van der Waals surface area contributed by atoms with Crippen molar-refractivity contribution in [2.45, 2.75) is 57.7 Å². The van der Waals surface area contributed by atoms with E-state index in [4.69, 9.17) is 4.74 Å². The van der Waals surface area contributed by atoms with E-state index in [2.05, 4.69) is 11.8 Å². The minimum atomic E-state index is -0.682. The Morgan fingerprint density at radius 1 is 1.27 bits per heavy atom. The van der Waals surface area contributed by atoms with Gasteiger partial charge in [-0.05, 0) is 64.0 Å². The van der Waals surface area contributed by atoms with Gasteiger partial charge < -0.3 is 14.7 Å². The van der Waals surface area contributed by atoms with Gasteiger partial charge in [-0.1, -0.05) is 6.92 Å².